The molecule has 1 aromatic carbocycles. The fourth-order valence-electron chi connectivity index (χ4n) is 2.17. The molecular weight excluding hydrogens is 276 g/mol. The van der Waals surface area contributed by atoms with Crippen molar-refractivity contribution in [2.45, 2.75) is 32.9 Å². The van der Waals surface area contributed by atoms with E-state index in [1.807, 2.05) is 0 Å². The second kappa shape index (κ2) is 6.53. The van der Waals surface area contributed by atoms with Gasteiger partial charge < -0.3 is 10.2 Å². The molecule has 0 bridgehead atoms. The molecule has 17 heavy (non-hydrogen) atoms. The molecule has 0 atom stereocenters. The zero-order valence-corrected chi connectivity index (χ0v) is 12.8. The third kappa shape index (κ3) is 5.66. The molecule has 0 aliphatic rings. The van der Waals surface area contributed by atoms with Gasteiger partial charge in [-0.3, -0.25) is 0 Å². The molecule has 3 heteroatoms. The fourth-order valence-corrected chi connectivity index (χ4v) is 2.43. The van der Waals surface area contributed by atoms with Crippen LogP contribution in [-0.2, 0) is 6.54 Å². The molecule has 96 valence electrons. The molecule has 1 aromatic rings. The van der Waals surface area contributed by atoms with E-state index in [9.17, 15) is 0 Å². The van der Waals surface area contributed by atoms with Crippen LogP contribution in [0.3, 0.4) is 0 Å². The monoisotopic (exact) mass is 298 g/mol. The van der Waals surface area contributed by atoms with Gasteiger partial charge in [-0.2, -0.15) is 0 Å². The normalized spacial score (nSPS) is 12.1. The lowest BCUT2D eigenvalue weighted by Crippen LogP contribution is -2.47. The smallest absolute Gasteiger partial charge is 0.0252 e. The van der Waals surface area contributed by atoms with Crippen molar-refractivity contribution in [1.29, 1.82) is 0 Å². The minimum absolute atomic E-state index is 0.166. The van der Waals surface area contributed by atoms with Gasteiger partial charge in [0.15, 0.2) is 0 Å². The van der Waals surface area contributed by atoms with Gasteiger partial charge in [0.25, 0.3) is 0 Å². The van der Waals surface area contributed by atoms with Crippen LogP contribution in [0.1, 0.15) is 26.3 Å². The zero-order valence-electron chi connectivity index (χ0n) is 11.3. The molecular formula is C14H23BrN2. The van der Waals surface area contributed by atoms with Gasteiger partial charge in [0, 0.05) is 23.1 Å². The minimum atomic E-state index is 0.166. The summed E-state index contributed by atoms with van der Waals surface area (Å²) in [6.45, 7) is 9.68. The van der Waals surface area contributed by atoms with Crippen molar-refractivity contribution in [3.05, 3.63) is 34.3 Å². The molecule has 0 heterocycles. The van der Waals surface area contributed by atoms with Crippen molar-refractivity contribution in [3.63, 3.8) is 0 Å². The van der Waals surface area contributed by atoms with Crippen LogP contribution in [0.2, 0.25) is 0 Å². The Morgan fingerprint density at radius 2 is 1.82 bits per heavy atom. The van der Waals surface area contributed by atoms with Crippen LogP contribution >= 0.6 is 15.9 Å². The van der Waals surface area contributed by atoms with Gasteiger partial charge >= 0.3 is 0 Å². The Morgan fingerprint density at radius 1 is 1.24 bits per heavy atom. The van der Waals surface area contributed by atoms with E-state index in [0.29, 0.717) is 0 Å². The quantitative estimate of drug-likeness (QED) is 0.867. The van der Waals surface area contributed by atoms with Crippen molar-refractivity contribution < 1.29 is 0 Å². The van der Waals surface area contributed by atoms with E-state index < -0.39 is 0 Å². The fraction of sp³-hybridized carbons (Fsp3) is 0.571. The lowest BCUT2D eigenvalue weighted by molar-refractivity contribution is 0.231. The molecule has 0 amide bonds. The Hall–Kier alpha value is -0.380. The summed E-state index contributed by atoms with van der Waals surface area (Å²) in [5.74, 6) is 0. The first-order chi connectivity index (χ1) is 7.93. The number of hydrogen-bond acceptors (Lipinski definition) is 2. The van der Waals surface area contributed by atoms with Crippen molar-refractivity contribution in [2.24, 2.45) is 0 Å². The highest BCUT2D eigenvalue weighted by atomic mass is 79.9. The molecule has 0 fully saturated rings. The molecule has 0 aliphatic heterocycles. The summed E-state index contributed by atoms with van der Waals surface area (Å²) < 4.78 is 1.14. The van der Waals surface area contributed by atoms with E-state index in [4.69, 9.17) is 0 Å². The highest BCUT2D eigenvalue weighted by Gasteiger charge is 2.18. The number of hydrogen-bond donors (Lipinski definition) is 1. The van der Waals surface area contributed by atoms with Crippen molar-refractivity contribution >= 4 is 15.9 Å². The van der Waals surface area contributed by atoms with Crippen LogP contribution in [0.4, 0.5) is 0 Å². The summed E-state index contributed by atoms with van der Waals surface area (Å²) in [5, 5.41) is 3.50. The molecule has 1 rings (SSSR count). The van der Waals surface area contributed by atoms with Gasteiger partial charge in [-0.1, -0.05) is 35.0 Å². The molecule has 0 unspecified atom stereocenters. The Labute approximate surface area is 114 Å². The van der Waals surface area contributed by atoms with Gasteiger partial charge in [0.2, 0.25) is 0 Å². The second-order valence-electron chi connectivity index (χ2n) is 5.21. The average molecular weight is 299 g/mol. The van der Waals surface area contributed by atoms with Gasteiger partial charge in [0.1, 0.15) is 0 Å². The number of benzene rings is 1. The molecule has 2 nitrogen and oxygen atoms in total. The van der Waals surface area contributed by atoms with Crippen LogP contribution in [0.5, 0.6) is 0 Å². The Bertz CT molecular complexity index is 333. The summed E-state index contributed by atoms with van der Waals surface area (Å²) in [7, 11) is 2.17. The van der Waals surface area contributed by atoms with Gasteiger partial charge in [0.05, 0.1) is 0 Å². The van der Waals surface area contributed by atoms with Gasteiger partial charge in [-0.15, -0.1) is 0 Å². The summed E-state index contributed by atoms with van der Waals surface area (Å²) >= 11 is 3.46. The van der Waals surface area contributed by atoms with Gasteiger partial charge in [-0.25, -0.2) is 0 Å². The minimum Gasteiger partial charge on any atom is -0.311 e. The highest BCUT2D eigenvalue weighted by Crippen LogP contribution is 2.13. The van der Waals surface area contributed by atoms with Crippen LogP contribution < -0.4 is 5.32 Å². The maximum absolute atomic E-state index is 3.50. The van der Waals surface area contributed by atoms with Crippen molar-refractivity contribution in [3.8, 4) is 0 Å². The third-order valence-corrected chi connectivity index (χ3v) is 3.21. The SMILES string of the molecule is CCNC(C)(C)CN(C)Cc1ccc(Br)cc1. The highest BCUT2D eigenvalue weighted by molar-refractivity contribution is 9.10. The predicted octanol–water partition coefficient (Wildman–Crippen LogP) is 3.27. The number of nitrogens with zero attached hydrogens (tertiary/aromatic N) is 1. The average Bonchev–Trinajstić information content (AvgIpc) is 2.20. The van der Waals surface area contributed by atoms with Crippen molar-refractivity contribution in [2.75, 3.05) is 20.1 Å². The molecule has 0 spiro atoms. The largest absolute Gasteiger partial charge is 0.311 e. The Kier molecular flexibility index (Phi) is 5.63. The number of likely N-dealkylation sites (N-methyl/N-ethyl adjacent to an activating group) is 2. The number of halogens is 1. The lowest BCUT2D eigenvalue weighted by atomic mass is 10.0. The molecule has 0 aliphatic carbocycles. The lowest BCUT2D eigenvalue weighted by Gasteiger charge is -2.31. The van der Waals surface area contributed by atoms with Crippen molar-refractivity contribution in [1.82, 2.24) is 10.2 Å². The molecule has 0 saturated heterocycles. The molecule has 0 saturated carbocycles. The number of nitrogens with one attached hydrogen (secondary N) is 1. The van der Waals surface area contributed by atoms with Crippen LogP contribution in [0.15, 0.2) is 28.7 Å². The zero-order chi connectivity index (χ0) is 12.9. The second-order valence-corrected chi connectivity index (χ2v) is 6.13. The Balaban J connectivity index is 2.49. The van der Waals surface area contributed by atoms with E-state index in [0.717, 1.165) is 24.1 Å². The van der Waals surface area contributed by atoms with Gasteiger partial charge in [-0.05, 0) is 45.1 Å². The first kappa shape index (κ1) is 14.7. The Morgan fingerprint density at radius 3 is 2.35 bits per heavy atom. The summed E-state index contributed by atoms with van der Waals surface area (Å²) in [4.78, 5) is 2.35. The van der Waals surface area contributed by atoms with E-state index in [-0.39, 0.29) is 5.54 Å². The summed E-state index contributed by atoms with van der Waals surface area (Å²) in [5.41, 5.74) is 1.52. The molecule has 0 aromatic heterocycles. The standard InChI is InChI=1S/C14H23BrN2/c1-5-16-14(2,3)11-17(4)10-12-6-8-13(15)9-7-12/h6-9,16H,5,10-11H2,1-4H3. The molecule has 1 N–H and O–H groups in total. The maximum atomic E-state index is 3.50. The van der Waals surface area contributed by atoms with E-state index in [1.165, 1.54) is 5.56 Å². The first-order valence-electron chi connectivity index (χ1n) is 6.11. The van der Waals surface area contributed by atoms with E-state index in [2.05, 4.69) is 78.2 Å². The maximum Gasteiger partial charge on any atom is 0.0252 e. The van der Waals surface area contributed by atoms with Crippen LogP contribution in [-0.4, -0.2) is 30.6 Å². The van der Waals surface area contributed by atoms with E-state index >= 15 is 0 Å². The van der Waals surface area contributed by atoms with E-state index in [1.54, 1.807) is 0 Å². The topological polar surface area (TPSA) is 15.3 Å². The summed E-state index contributed by atoms with van der Waals surface area (Å²) in [6.07, 6.45) is 0. The molecule has 0 radical (unpaired) electrons. The summed E-state index contributed by atoms with van der Waals surface area (Å²) in [6, 6.07) is 8.53. The first-order valence-corrected chi connectivity index (χ1v) is 6.90. The van der Waals surface area contributed by atoms with Crippen LogP contribution in [0.25, 0.3) is 0 Å². The third-order valence-electron chi connectivity index (χ3n) is 2.69. The van der Waals surface area contributed by atoms with Crippen LogP contribution in [0, 0.1) is 0 Å². The number of rotatable bonds is 6. The predicted molar refractivity (Wildman–Crippen MR) is 78.2 cm³/mol.